The zero-order valence-electron chi connectivity index (χ0n) is 17.7. The summed E-state index contributed by atoms with van der Waals surface area (Å²) in [6, 6.07) is 5.28. The van der Waals surface area contributed by atoms with E-state index in [9.17, 15) is 9.90 Å². The molecule has 10 heteroatoms. The summed E-state index contributed by atoms with van der Waals surface area (Å²) in [5, 5.41) is 23.3. The Labute approximate surface area is 185 Å². The summed E-state index contributed by atoms with van der Waals surface area (Å²) >= 11 is 1.46. The molecule has 1 fully saturated rings. The Morgan fingerprint density at radius 3 is 2.71 bits per heavy atom. The van der Waals surface area contributed by atoms with Gasteiger partial charge in [-0.05, 0) is 26.0 Å². The lowest BCUT2D eigenvalue weighted by Gasteiger charge is -2.32. The maximum absolute atomic E-state index is 12.0. The molecular formula is C21H28N4O5S. The minimum absolute atomic E-state index is 0.0807. The second kappa shape index (κ2) is 11.1. The van der Waals surface area contributed by atoms with Crippen molar-refractivity contribution in [3.05, 3.63) is 30.6 Å². The lowest BCUT2D eigenvalue weighted by molar-refractivity contribution is 0.0511. The Morgan fingerprint density at radius 2 is 2.06 bits per heavy atom. The first kappa shape index (κ1) is 23.0. The van der Waals surface area contributed by atoms with Crippen LogP contribution in [0.4, 0.5) is 16.3 Å². The Bertz CT molecular complexity index is 857. The molecule has 0 aliphatic carbocycles. The molecule has 0 spiro atoms. The summed E-state index contributed by atoms with van der Waals surface area (Å²) in [6.45, 7) is 4.83. The van der Waals surface area contributed by atoms with E-state index in [1.54, 1.807) is 23.4 Å². The molecule has 0 unspecified atom stereocenters. The molecule has 3 heterocycles. The molecule has 0 atom stereocenters. The molecule has 3 N–H and O–H groups in total. The first-order chi connectivity index (χ1) is 15.0. The van der Waals surface area contributed by atoms with Crippen molar-refractivity contribution in [2.75, 3.05) is 30.8 Å². The highest BCUT2D eigenvalue weighted by molar-refractivity contribution is 7.99. The molecule has 0 radical (unpaired) electrons. The van der Waals surface area contributed by atoms with E-state index in [0.29, 0.717) is 43.1 Å². The highest BCUT2D eigenvalue weighted by Crippen LogP contribution is 2.35. The first-order valence-corrected chi connectivity index (χ1v) is 11.2. The van der Waals surface area contributed by atoms with Crippen molar-refractivity contribution in [3.63, 3.8) is 0 Å². The summed E-state index contributed by atoms with van der Waals surface area (Å²) in [6.07, 6.45) is 3.93. The van der Waals surface area contributed by atoms with Crippen LogP contribution in [-0.2, 0) is 4.74 Å². The topological polar surface area (TPSA) is 117 Å². The molecule has 0 bridgehead atoms. The van der Waals surface area contributed by atoms with Gasteiger partial charge in [0.15, 0.2) is 11.6 Å². The zero-order valence-corrected chi connectivity index (χ0v) is 18.5. The van der Waals surface area contributed by atoms with Crippen molar-refractivity contribution < 1.29 is 24.5 Å². The number of nitrogens with zero attached hydrogens (tertiary/aromatic N) is 3. The van der Waals surface area contributed by atoms with E-state index in [0.717, 1.165) is 5.03 Å². The molecule has 2 aromatic rings. The lowest BCUT2D eigenvalue weighted by atomic mass is 10.1. The fourth-order valence-corrected chi connectivity index (χ4v) is 3.65. The van der Waals surface area contributed by atoms with Crippen molar-refractivity contribution in [2.24, 2.45) is 0 Å². The largest absolute Gasteiger partial charge is 0.502 e. The average molecular weight is 449 g/mol. The monoisotopic (exact) mass is 448 g/mol. The second-order valence-electron chi connectivity index (χ2n) is 7.33. The molecule has 2 aromatic heterocycles. The van der Waals surface area contributed by atoms with Crippen LogP contribution in [0.2, 0.25) is 0 Å². The molecule has 1 aliphatic heterocycles. The number of aromatic nitrogens is 2. The van der Waals surface area contributed by atoms with Crippen LogP contribution in [0.25, 0.3) is 0 Å². The number of nitrogens with one attached hydrogen (secondary N) is 1. The van der Waals surface area contributed by atoms with Crippen LogP contribution in [-0.4, -0.2) is 68.8 Å². The Kier molecular flexibility index (Phi) is 8.19. The van der Waals surface area contributed by atoms with Gasteiger partial charge in [0.2, 0.25) is 5.75 Å². The normalized spacial score (nSPS) is 14.5. The number of aliphatic hydroxyl groups is 1. The summed E-state index contributed by atoms with van der Waals surface area (Å²) in [5.41, 5.74) is 0.672. The number of piperidine rings is 1. The Morgan fingerprint density at radius 1 is 1.29 bits per heavy atom. The highest BCUT2D eigenvalue weighted by Gasteiger charge is 2.26. The van der Waals surface area contributed by atoms with Gasteiger partial charge in [-0.3, -0.25) is 0 Å². The minimum Gasteiger partial charge on any atom is -0.502 e. The fourth-order valence-electron chi connectivity index (χ4n) is 3.06. The number of hydrogen-bond donors (Lipinski definition) is 3. The van der Waals surface area contributed by atoms with Gasteiger partial charge in [0.25, 0.3) is 0 Å². The molecule has 31 heavy (non-hydrogen) atoms. The molecular weight excluding hydrogens is 420 g/mol. The van der Waals surface area contributed by atoms with Crippen molar-refractivity contribution in [2.45, 2.75) is 43.9 Å². The highest BCUT2D eigenvalue weighted by atomic mass is 32.2. The van der Waals surface area contributed by atoms with Gasteiger partial charge >= 0.3 is 6.09 Å². The van der Waals surface area contributed by atoms with Gasteiger partial charge < -0.3 is 29.9 Å². The van der Waals surface area contributed by atoms with Crippen molar-refractivity contribution in [1.82, 2.24) is 14.9 Å². The van der Waals surface area contributed by atoms with Crippen LogP contribution in [0, 0.1) is 0 Å². The Hall–Kier alpha value is -2.72. The van der Waals surface area contributed by atoms with E-state index in [4.69, 9.17) is 14.6 Å². The summed E-state index contributed by atoms with van der Waals surface area (Å²) in [4.78, 5) is 22.2. The van der Waals surface area contributed by atoms with Gasteiger partial charge in [-0.1, -0.05) is 0 Å². The third kappa shape index (κ3) is 6.63. The summed E-state index contributed by atoms with van der Waals surface area (Å²) in [7, 11) is 0. The number of rotatable bonds is 8. The summed E-state index contributed by atoms with van der Waals surface area (Å²) in [5.74, 6) is 1.11. The van der Waals surface area contributed by atoms with Gasteiger partial charge in [-0.2, -0.15) is 0 Å². The third-order valence-electron chi connectivity index (χ3n) is 4.56. The number of ether oxygens (including phenoxy) is 2. The van der Waals surface area contributed by atoms with E-state index in [-0.39, 0.29) is 36.5 Å². The van der Waals surface area contributed by atoms with Gasteiger partial charge in [-0.25, -0.2) is 14.8 Å². The number of aliphatic hydroxyl groups excluding tert-OH is 1. The third-order valence-corrected chi connectivity index (χ3v) is 5.48. The molecule has 0 saturated carbocycles. The second-order valence-corrected chi connectivity index (χ2v) is 8.44. The number of likely N-dealkylation sites (tertiary alicyclic amines) is 1. The molecule has 168 valence electrons. The van der Waals surface area contributed by atoms with Gasteiger partial charge in [0.1, 0.15) is 6.10 Å². The number of amides is 1. The smallest absolute Gasteiger partial charge is 0.410 e. The van der Waals surface area contributed by atoms with E-state index >= 15 is 0 Å². The van der Waals surface area contributed by atoms with Crippen molar-refractivity contribution in [1.29, 1.82) is 0 Å². The fraction of sp³-hybridized carbons (Fsp3) is 0.476. The predicted octanol–water partition coefficient (Wildman–Crippen LogP) is 3.40. The molecule has 1 aliphatic rings. The number of hydrogen-bond acceptors (Lipinski definition) is 9. The maximum atomic E-state index is 12.0. The number of carbonyl (C=O) groups is 1. The minimum atomic E-state index is -0.305. The van der Waals surface area contributed by atoms with Crippen LogP contribution in [0.3, 0.4) is 0 Å². The van der Waals surface area contributed by atoms with E-state index in [1.165, 1.54) is 11.8 Å². The van der Waals surface area contributed by atoms with Gasteiger partial charge in [-0.15, -0.1) is 11.8 Å². The maximum Gasteiger partial charge on any atom is 0.410 e. The number of pyridine rings is 2. The first-order valence-electron chi connectivity index (χ1n) is 10.2. The van der Waals surface area contributed by atoms with Gasteiger partial charge in [0.05, 0.1) is 29.6 Å². The quantitative estimate of drug-likeness (QED) is 0.522. The SMILES string of the molecule is CC(C)OC(=O)N1CCC(Oc2ccnc(Nc3ccc(SCCO)nc3)c2O)CC1. The number of carbonyl (C=O) groups excluding carboxylic acids is 1. The zero-order chi connectivity index (χ0) is 22.2. The number of aromatic hydroxyl groups is 1. The summed E-state index contributed by atoms with van der Waals surface area (Å²) < 4.78 is 11.2. The van der Waals surface area contributed by atoms with E-state index in [2.05, 4.69) is 15.3 Å². The van der Waals surface area contributed by atoms with Crippen LogP contribution in [0.15, 0.2) is 35.6 Å². The van der Waals surface area contributed by atoms with E-state index in [1.807, 2.05) is 26.0 Å². The van der Waals surface area contributed by atoms with Crippen LogP contribution < -0.4 is 10.1 Å². The molecule has 1 amide bonds. The average Bonchev–Trinajstić information content (AvgIpc) is 2.76. The van der Waals surface area contributed by atoms with Gasteiger partial charge in [0, 0.05) is 43.9 Å². The van der Waals surface area contributed by atoms with Crippen molar-refractivity contribution >= 4 is 29.4 Å². The van der Waals surface area contributed by atoms with Crippen LogP contribution in [0.5, 0.6) is 11.5 Å². The lowest BCUT2D eigenvalue weighted by Crippen LogP contribution is -2.42. The molecule has 3 rings (SSSR count). The molecule has 9 nitrogen and oxygen atoms in total. The standard InChI is InChI=1S/C21H28N4O5S/c1-14(2)29-21(28)25-9-6-16(7-10-25)30-17-5-8-22-20(19(17)27)24-15-3-4-18(23-13-15)31-12-11-26/h3-5,8,13-14,16,26-27H,6-7,9-12H2,1-2H3,(H,22,24). The predicted molar refractivity (Wildman–Crippen MR) is 118 cm³/mol. The van der Waals surface area contributed by atoms with E-state index < -0.39 is 0 Å². The number of anilines is 2. The molecule has 1 saturated heterocycles. The Balaban J connectivity index is 1.57. The van der Waals surface area contributed by atoms with Crippen LogP contribution >= 0.6 is 11.8 Å². The van der Waals surface area contributed by atoms with Crippen molar-refractivity contribution in [3.8, 4) is 11.5 Å². The van der Waals surface area contributed by atoms with Crippen LogP contribution in [0.1, 0.15) is 26.7 Å². The number of thioether (sulfide) groups is 1. The molecule has 0 aromatic carbocycles.